The molecule has 110 valence electrons. The van der Waals surface area contributed by atoms with Crippen LogP contribution in [0.2, 0.25) is 0 Å². The number of aromatic nitrogens is 5. The molecule has 0 radical (unpaired) electrons. The van der Waals surface area contributed by atoms with Crippen molar-refractivity contribution < 1.29 is 8.42 Å². The molecule has 0 amide bonds. The van der Waals surface area contributed by atoms with Gasteiger partial charge in [-0.2, -0.15) is 5.10 Å². The Hall–Kier alpha value is -2.26. The molecule has 3 aromatic rings. The summed E-state index contributed by atoms with van der Waals surface area (Å²) in [5.74, 6) is 0.525. The first-order chi connectivity index (χ1) is 10.1. The van der Waals surface area contributed by atoms with Gasteiger partial charge in [0.1, 0.15) is 4.90 Å². The van der Waals surface area contributed by atoms with Gasteiger partial charge in [-0.25, -0.2) is 13.1 Å². The summed E-state index contributed by atoms with van der Waals surface area (Å²) in [6.07, 6.45) is 4.60. The molecule has 0 spiro atoms. The molecule has 3 rings (SSSR count). The van der Waals surface area contributed by atoms with Crippen molar-refractivity contribution in [3.63, 3.8) is 0 Å². The van der Waals surface area contributed by atoms with Gasteiger partial charge in [0.05, 0.1) is 12.7 Å². The zero-order chi connectivity index (χ0) is 14.9. The summed E-state index contributed by atoms with van der Waals surface area (Å²) in [7, 11) is -3.61. The van der Waals surface area contributed by atoms with Gasteiger partial charge in [-0.3, -0.25) is 9.08 Å². The summed E-state index contributed by atoms with van der Waals surface area (Å²) >= 11 is 0. The zero-order valence-electron chi connectivity index (χ0n) is 11.3. The van der Waals surface area contributed by atoms with Gasteiger partial charge in [0.2, 0.25) is 10.0 Å². The number of nitrogens with zero attached hydrogens (tertiary/aromatic N) is 5. The zero-order valence-corrected chi connectivity index (χ0v) is 12.2. The topological polar surface area (TPSA) is 94.2 Å². The van der Waals surface area contributed by atoms with Crippen LogP contribution in [0, 0.1) is 0 Å². The van der Waals surface area contributed by atoms with Gasteiger partial charge in [-0.1, -0.05) is 6.07 Å². The predicted molar refractivity (Wildman–Crippen MR) is 74.9 cm³/mol. The standard InChI is InChI=1S/C12H14N6O2S/c1-2-17-9-10(7-13-17)21(19,20)14-8-12-16-15-11-5-3-4-6-18(11)12/h3-7,9,14H,2,8H2,1H3. The summed E-state index contributed by atoms with van der Waals surface area (Å²) in [4.78, 5) is 0.137. The molecule has 21 heavy (non-hydrogen) atoms. The molecule has 0 aliphatic heterocycles. The van der Waals surface area contributed by atoms with Crippen molar-refractivity contribution in [1.82, 2.24) is 29.1 Å². The average Bonchev–Trinajstić information content (AvgIpc) is 3.12. The lowest BCUT2D eigenvalue weighted by Gasteiger charge is -2.03. The lowest BCUT2D eigenvalue weighted by atomic mass is 10.5. The van der Waals surface area contributed by atoms with Gasteiger partial charge in [0.15, 0.2) is 11.5 Å². The molecule has 0 fully saturated rings. The van der Waals surface area contributed by atoms with Crippen LogP contribution >= 0.6 is 0 Å². The van der Waals surface area contributed by atoms with Crippen molar-refractivity contribution in [2.24, 2.45) is 0 Å². The van der Waals surface area contributed by atoms with Crippen LogP contribution in [0.25, 0.3) is 5.65 Å². The second-order valence-corrected chi connectivity index (χ2v) is 6.17. The number of hydrogen-bond acceptors (Lipinski definition) is 5. The third-order valence-corrected chi connectivity index (χ3v) is 4.40. The predicted octanol–water partition coefficient (Wildman–Crippen LogP) is 0.424. The first kappa shape index (κ1) is 13.7. The molecule has 1 N–H and O–H groups in total. The van der Waals surface area contributed by atoms with Crippen molar-refractivity contribution in [2.75, 3.05) is 0 Å². The van der Waals surface area contributed by atoms with Gasteiger partial charge < -0.3 is 0 Å². The largest absolute Gasteiger partial charge is 0.285 e. The summed E-state index contributed by atoms with van der Waals surface area (Å²) in [6, 6.07) is 5.48. The van der Waals surface area contributed by atoms with Crippen molar-refractivity contribution in [1.29, 1.82) is 0 Å². The Morgan fingerprint density at radius 3 is 2.90 bits per heavy atom. The minimum Gasteiger partial charge on any atom is -0.285 e. The van der Waals surface area contributed by atoms with Crippen molar-refractivity contribution in [2.45, 2.75) is 24.9 Å². The number of sulfonamides is 1. The van der Waals surface area contributed by atoms with Gasteiger partial charge >= 0.3 is 0 Å². The SMILES string of the molecule is CCn1cc(S(=O)(=O)NCc2nnc3ccccn23)cn1. The van der Waals surface area contributed by atoms with E-state index in [2.05, 4.69) is 20.0 Å². The maximum absolute atomic E-state index is 12.2. The molecule has 0 atom stereocenters. The van der Waals surface area contributed by atoms with E-state index in [9.17, 15) is 8.42 Å². The number of nitrogens with one attached hydrogen (secondary N) is 1. The van der Waals surface area contributed by atoms with Crippen LogP contribution < -0.4 is 4.72 Å². The van der Waals surface area contributed by atoms with E-state index in [-0.39, 0.29) is 11.4 Å². The van der Waals surface area contributed by atoms with E-state index in [4.69, 9.17) is 0 Å². The highest BCUT2D eigenvalue weighted by Crippen LogP contribution is 2.08. The smallest absolute Gasteiger partial charge is 0.244 e. The van der Waals surface area contributed by atoms with Gasteiger partial charge in [-0.05, 0) is 19.1 Å². The first-order valence-corrected chi connectivity index (χ1v) is 7.89. The van der Waals surface area contributed by atoms with E-state index in [1.165, 1.54) is 12.4 Å². The van der Waals surface area contributed by atoms with Crippen molar-refractivity contribution >= 4 is 15.7 Å². The van der Waals surface area contributed by atoms with Crippen LogP contribution in [0.5, 0.6) is 0 Å². The highest BCUT2D eigenvalue weighted by molar-refractivity contribution is 7.89. The molecule has 9 heteroatoms. The molecular weight excluding hydrogens is 292 g/mol. The number of hydrogen-bond donors (Lipinski definition) is 1. The molecule has 0 aliphatic rings. The molecule has 0 aliphatic carbocycles. The molecule has 0 aromatic carbocycles. The second-order valence-electron chi connectivity index (χ2n) is 4.40. The van der Waals surface area contributed by atoms with Crippen LogP contribution in [0.15, 0.2) is 41.7 Å². The molecule has 0 saturated carbocycles. The quantitative estimate of drug-likeness (QED) is 0.737. The third-order valence-electron chi connectivity index (χ3n) is 3.05. The van der Waals surface area contributed by atoms with Crippen molar-refractivity contribution in [3.05, 3.63) is 42.6 Å². The monoisotopic (exact) mass is 306 g/mol. The molecule has 0 bridgehead atoms. The maximum atomic E-state index is 12.2. The summed E-state index contributed by atoms with van der Waals surface area (Å²) < 4.78 is 30.1. The van der Waals surface area contributed by atoms with Gasteiger partial charge in [0, 0.05) is 18.9 Å². The second kappa shape index (κ2) is 5.26. The highest BCUT2D eigenvalue weighted by atomic mass is 32.2. The van der Waals surface area contributed by atoms with E-state index in [0.29, 0.717) is 18.0 Å². The van der Waals surface area contributed by atoms with E-state index in [1.54, 1.807) is 21.3 Å². The van der Waals surface area contributed by atoms with Crippen LogP contribution in [-0.2, 0) is 23.1 Å². The lowest BCUT2D eigenvalue weighted by molar-refractivity contribution is 0.578. The Kier molecular flexibility index (Phi) is 3.43. The molecule has 0 unspecified atom stereocenters. The fourth-order valence-corrected chi connectivity index (χ4v) is 2.84. The Bertz CT molecular complexity index is 867. The Balaban J connectivity index is 1.80. The third kappa shape index (κ3) is 2.65. The minimum atomic E-state index is -3.61. The van der Waals surface area contributed by atoms with Gasteiger partial charge in [0.25, 0.3) is 0 Å². The van der Waals surface area contributed by atoms with E-state index in [0.717, 1.165) is 0 Å². The minimum absolute atomic E-state index is 0.0603. The highest BCUT2D eigenvalue weighted by Gasteiger charge is 2.17. The number of aryl methyl sites for hydroxylation is 1. The molecule has 3 aromatic heterocycles. The molecule has 0 saturated heterocycles. The average molecular weight is 306 g/mol. The fraction of sp³-hybridized carbons (Fsp3) is 0.250. The summed E-state index contributed by atoms with van der Waals surface area (Å²) in [5.41, 5.74) is 0.672. The Morgan fingerprint density at radius 2 is 2.14 bits per heavy atom. The van der Waals surface area contributed by atoms with Crippen molar-refractivity contribution in [3.8, 4) is 0 Å². The molecule has 3 heterocycles. The first-order valence-electron chi connectivity index (χ1n) is 6.41. The number of fused-ring (bicyclic) bond motifs is 1. The Morgan fingerprint density at radius 1 is 1.29 bits per heavy atom. The molecular formula is C12H14N6O2S. The normalized spacial score (nSPS) is 12.0. The Labute approximate surface area is 121 Å². The fourth-order valence-electron chi connectivity index (χ4n) is 1.91. The summed E-state index contributed by atoms with van der Waals surface area (Å²) in [6.45, 7) is 2.56. The van der Waals surface area contributed by atoms with Crippen LogP contribution in [0.3, 0.4) is 0 Å². The van der Waals surface area contributed by atoms with E-state index in [1.807, 2.05) is 19.1 Å². The van der Waals surface area contributed by atoms with Crippen LogP contribution in [0.4, 0.5) is 0 Å². The van der Waals surface area contributed by atoms with E-state index < -0.39 is 10.0 Å². The molecule has 8 nitrogen and oxygen atoms in total. The number of pyridine rings is 1. The van der Waals surface area contributed by atoms with Crippen LogP contribution in [-0.4, -0.2) is 32.8 Å². The van der Waals surface area contributed by atoms with E-state index >= 15 is 0 Å². The maximum Gasteiger partial charge on any atom is 0.244 e. The lowest BCUT2D eigenvalue weighted by Crippen LogP contribution is -2.24. The van der Waals surface area contributed by atoms with Gasteiger partial charge in [-0.15, -0.1) is 10.2 Å². The summed E-state index contributed by atoms with van der Waals surface area (Å²) in [5, 5.41) is 11.9. The van der Waals surface area contributed by atoms with Crippen LogP contribution in [0.1, 0.15) is 12.7 Å². The number of rotatable bonds is 5.